The quantitative estimate of drug-likeness (QED) is 0.671. The molecule has 0 saturated heterocycles. The number of esters is 1. The minimum Gasteiger partial charge on any atom is -0.468 e. The molecule has 1 fully saturated rings. The van der Waals surface area contributed by atoms with Gasteiger partial charge in [0.2, 0.25) is 5.91 Å². The number of ether oxygens (including phenoxy) is 1. The topological polar surface area (TPSA) is 60.3 Å². The normalized spacial score (nSPS) is 15.8. The summed E-state index contributed by atoms with van der Waals surface area (Å²) in [4.78, 5) is 22.7. The number of rotatable bonds is 5. The number of hydrogen-bond donors (Lipinski definition) is 1. The lowest BCUT2D eigenvalue weighted by Crippen LogP contribution is -2.28. The van der Waals surface area contributed by atoms with E-state index in [-0.39, 0.29) is 12.5 Å². The van der Waals surface area contributed by atoms with Gasteiger partial charge in [-0.3, -0.25) is 9.59 Å². The van der Waals surface area contributed by atoms with Gasteiger partial charge >= 0.3 is 5.97 Å². The molecule has 1 heterocycles. The molecule has 1 aromatic rings. The lowest BCUT2D eigenvalue weighted by atomic mass is 9.95. The molecule has 1 aromatic heterocycles. The van der Waals surface area contributed by atoms with Crippen LogP contribution in [0.15, 0.2) is 12.1 Å². The van der Waals surface area contributed by atoms with Crippen LogP contribution in [-0.2, 0) is 14.3 Å². The minimum atomic E-state index is -0.456. The van der Waals surface area contributed by atoms with Crippen molar-refractivity contribution < 1.29 is 14.3 Å². The monoisotopic (exact) mass is 318 g/mol. The molecule has 1 saturated carbocycles. The molecular weight excluding hydrogens is 292 g/mol. The smallest absolute Gasteiger partial charge is 0.325 e. The predicted octanol–water partition coefficient (Wildman–Crippen LogP) is 2.91. The molecule has 0 spiro atoms. The average molecular weight is 318 g/mol. The average Bonchev–Trinajstić information content (AvgIpc) is 2.85. The van der Waals surface area contributed by atoms with Crippen molar-refractivity contribution in [1.29, 1.82) is 0 Å². The first-order valence-electron chi connectivity index (χ1n) is 8.24. The maximum Gasteiger partial charge on any atom is 0.325 e. The number of amides is 1. The number of aromatic nitrogens is 1. The summed E-state index contributed by atoms with van der Waals surface area (Å²) in [6.45, 7) is 4.12. The molecule has 1 aliphatic rings. The van der Waals surface area contributed by atoms with E-state index in [0.717, 1.165) is 5.56 Å². The largest absolute Gasteiger partial charge is 0.468 e. The number of nitrogens with zero attached hydrogens (tertiary/aromatic N) is 1. The van der Waals surface area contributed by atoms with Crippen LogP contribution >= 0.6 is 0 Å². The summed E-state index contributed by atoms with van der Waals surface area (Å²) in [5, 5.41) is 2.50. The van der Waals surface area contributed by atoms with Crippen molar-refractivity contribution in [2.75, 3.05) is 13.7 Å². The molecule has 5 nitrogen and oxygen atoms in total. The molecule has 1 amide bonds. The summed E-state index contributed by atoms with van der Waals surface area (Å²) in [5.74, 6) is -0.750. The van der Waals surface area contributed by atoms with E-state index in [2.05, 4.69) is 34.5 Å². The van der Waals surface area contributed by atoms with Crippen LogP contribution in [0, 0.1) is 13.8 Å². The van der Waals surface area contributed by atoms with E-state index in [1.54, 1.807) is 0 Å². The highest BCUT2D eigenvalue weighted by atomic mass is 16.5. The molecule has 126 valence electrons. The molecular formula is C18H26N2O3. The third-order valence-electron chi connectivity index (χ3n) is 4.51. The van der Waals surface area contributed by atoms with E-state index in [9.17, 15) is 9.59 Å². The Hall–Kier alpha value is -2.04. The Labute approximate surface area is 137 Å². The van der Waals surface area contributed by atoms with Crippen molar-refractivity contribution >= 4 is 18.0 Å². The van der Waals surface area contributed by atoms with E-state index in [0.29, 0.717) is 6.04 Å². The number of aryl methyl sites for hydroxylation is 1. The van der Waals surface area contributed by atoms with Gasteiger partial charge in [0.15, 0.2) is 0 Å². The van der Waals surface area contributed by atoms with Crippen molar-refractivity contribution in [2.45, 2.75) is 52.0 Å². The van der Waals surface area contributed by atoms with Crippen LogP contribution in [0.1, 0.15) is 55.1 Å². The van der Waals surface area contributed by atoms with Crippen LogP contribution in [0.25, 0.3) is 6.08 Å². The van der Waals surface area contributed by atoms with Crippen molar-refractivity contribution in [3.8, 4) is 0 Å². The number of methoxy groups -OCH3 is 1. The van der Waals surface area contributed by atoms with E-state index in [1.165, 1.54) is 56.7 Å². The summed E-state index contributed by atoms with van der Waals surface area (Å²) in [5.41, 5.74) is 3.50. The van der Waals surface area contributed by atoms with Crippen molar-refractivity contribution in [3.05, 3.63) is 29.1 Å². The Balaban J connectivity index is 2.04. The molecule has 0 unspecified atom stereocenters. The first-order valence-corrected chi connectivity index (χ1v) is 8.24. The van der Waals surface area contributed by atoms with Gasteiger partial charge in [0.1, 0.15) is 6.54 Å². The fourth-order valence-corrected chi connectivity index (χ4v) is 3.33. The number of hydrogen-bond acceptors (Lipinski definition) is 3. The first-order chi connectivity index (χ1) is 11.0. The summed E-state index contributed by atoms with van der Waals surface area (Å²) in [6.07, 6.45) is 9.68. The van der Waals surface area contributed by atoms with Crippen LogP contribution in [0.4, 0.5) is 0 Å². The third-order valence-corrected chi connectivity index (χ3v) is 4.51. The molecule has 1 aliphatic carbocycles. The first kappa shape index (κ1) is 17.3. The Morgan fingerprint density at radius 2 is 2.00 bits per heavy atom. The van der Waals surface area contributed by atoms with Gasteiger partial charge in [0, 0.05) is 23.5 Å². The molecule has 2 rings (SSSR count). The van der Waals surface area contributed by atoms with Gasteiger partial charge in [0.25, 0.3) is 0 Å². The maximum absolute atomic E-state index is 11.7. The molecule has 0 aromatic carbocycles. The van der Waals surface area contributed by atoms with Gasteiger partial charge in [-0.05, 0) is 44.4 Å². The van der Waals surface area contributed by atoms with Crippen molar-refractivity contribution in [3.63, 3.8) is 0 Å². The standard InChI is InChI=1S/C18H26N2O3/c1-13-11-15(9-10-17(21)19-12-18(22)23-3)14(2)20(13)16-7-5-4-6-8-16/h9-11,16H,4-8,12H2,1-3H3,(H,19,21)/b10-9+. The highest BCUT2D eigenvalue weighted by Gasteiger charge is 2.19. The fraction of sp³-hybridized carbons (Fsp3) is 0.556. The lowest BCUT2D eigenvalue weighted by molar-refractivity contribution is -0.140. The predicted molar refractivity (Wildman–Crippen MR) is 90.1 cm³/mol. The van der Waals surface area contributed by atoms with Crippen LogP contribution in [0.3, 0.4) is 0 Å². The molecule has 0 atom stereocenters. The van der Waals surface area contributed by atoms with E-state index < -0.39 is 5.97 Å². The van der Waals surface area contributed by atoms with Gasteiger partial charge in [-0.1, -0.05) is 19.3 Å². The Kier molecular flexibility index (Phi) is 6.02. The van der Waals surface area contributed by atoms with E-state index >= 15 is 0 Å². The van der Waals surface area contributed by atoms with Crippen molar-refractivity contribution in [2.24, 2.45) is 0 Å². The van der Waals surface area contributed by atoms with E-state index in [1.807, 2.05) is 6.08 Å². The fourth-order valence-electron chi connectivity index (χ4n) is 3.33. The van der Waals surface area contributed by atoms with Crippen LogP contribution in [0.5, 0.6) is 0 Å². The van der Waals surface area contributed by atoms with Crippen LogP contribution in [-0.4, -0.2) is 30.1 Å². The van der Waals surface area contributed by atoms with Gasteiger partial charge in [0.05, 0.1) is 7.11 Å². The zero-order valence-electron chi connectivity index (χ0n) is 14.2. The number of carbonyl (C=O) groups excluding carboxylic acids is 2. The summed E-state index contributed by atoms with van der Waals surface area (Å²) in [7, 11) is 1.30. The summed E-state index contributed by atoms with van der Waals surface area (Å²) in [6, 6.07) is 2.70. The molecule has 0 aliphatic heterocycles. The third kappa shape index (κ3) is 4.47. The highest BCUT2D eigenvalue weighted by molar-refractivity contribution is 5.93. The lowest BCUT2D eigenvalue weighted by Gasteiger charge is -2.26. The second-order valence-corrected chi connectivity index (χ2v) is 6.12. The Morgan fingerprint density at radius 3 is 2.65 bits per heavy atom. The Bertz CT molecular complexity index is 596. The second-order valence-electron chi connectivity index (χ2n) is 6.12. The molecule has 0 radical (unpaired) electrons. The SMILES string of the molecule is COC(=O)CNC(=O)/C=C/c1cc(C)n(C2CCCCC2)c1C. The zero-order valence-corrected chi connectivity index (χ0v) is 14.2. The van der Waals surface area contributed by atoms with E-state index in [4.69, 9.17) is 0 Å². The zero-order chi connectivity index (χ0) is 16.8. The van der Waals surface area contributed by atoms with Gasteiger partial charge in [-0.15, -0.1) is 0 Å². The van der Waals surface area contributed by atoms with Crippen LogP contribution in [0.2, 0.25) is 0 Å². The van der Waals surface area contributed by atoms with Gasteiger partial charge < -0.3 is 14.6 Å². The van der Waals surface area contributed by atoms with Crippen LogP contribution < -0.4 is 5.32 Å². The molecule has 0 bridgehead atoms. The number of carbonyl (C=O) groups is 2. The molecule has 5 heteroatoms. The molecule has 1 N–H and O–H groups in total. The molecule has 23 heavy (non-hydrogen) atoms. The van der Waals surface area contributed by atoms with Gasteiger partial charge in [-0.25, -0.2) is 0 Å². The second kappa shape index (κ2) is 7.99. The van der Waals surface area contributed by atoms with Gasteiger partial charge in [-0.2, -0.15) is 0 Å². The minimum absolute atomic E-state index is 0.110. The number of nitrogens with one attached hydrogen (secondary N) is 1. The summed E-state index contributed by atoms with van der Waals surface area (Å²) < 4.78 is 6.90. The van der Waals surface area contributed by atoms with Crippen molar-refractivity contribution in [1.82, 2.24) is 9.88 Å². The maximum atomic E-state index is 11.7. The highest BCUT2D eigenvalue weighted by Crippen LogP contribution is 2.32. The Morgan fingerprint density at radius 1 is 1.30 bits per heavy atom. The summed E-state index contributed by atoms with van der Waals surface area (Å²) >= 11 is 0.